The first kappa shape index (κ1) is 25.9. The molecule has 0 aliphatic heterocycles. The van der Waals surface area contributed by atoms with Crippen LogP contribution in [0.4, 0.5) is 0 Å². The summed E-state index contributed by atoms with van der Waals surface area (Å²) in [6, 6.07) is 8.21. The molecule has 1 unspecified atom stereocenters. The van der Waals surface area contributed by atoms with Crippen molar-refractivity contribution in [3.63, 3.8) is 0 Å². The number of fused-ring (bicyclic) bond motifs is 2. The summed E-state index contributed by atoms with van der Waals surface area (Å²) >= 11 is 0. The molecule has 0 amide bonds. The third-order valence-electron chi connectivity index (χ3n) is 8.67. The van der Waals surface area contributed by atoms with E-state index in [1.54, 1.807) is 0 Å². The Morgan fingerprint density at radius 3 is 2.47 bits per heavy atom. The summed E-state index contributed by atoms with van der Waals surface area (Å²) in [7, 11) is 1.43. The lowest BCUT2D eigenvalue weighted by atomic mass is 9.54. The number of ketones is 2. The maximum absolute atomic E-state index is 13.7. The molecule has 36 heavy (non-hydrogen) atoms. The molecule has 2 aliphatic carbocycles. The number of hydrogen-bond acceptors (Lipinski definition) is 5. The molecular formula is C31H36O5. The van der Waals surface area contributed by atoms with Crippen LogP contribution in [0.25, 0.3) is 0 Å². The highest BCUT2D eigenvalue weighted by molar-refractivity contribution is 6.29. The van der Waals surface area contributed by atoms with Gasteiger partial charge in [0.05, 0.1) is 12.5 Å². The predicted molar refractivity (Wildman–Crippen MR) is 140 cm³/mol. The predicted octanol–water partition coefficient (Wildman–Crippen LogP) is 6.40. The number of ether oxygens (including phenoxy) is 1. The molecule has 0 radical (unpaired) electrons. The average Bonchev–Trinajstić information content (AvgIpc) is 2.85. The molecule has 5 heteroatoms. The fourth-order valence-corrected chi connectivity index (χ4v) is 6.49. The molecule has 2 aromatic rings. The Labute approximate surface area is 213 Å². The molecule has 0 aromatic heterocycles. The number of allylic oxidation sites excluding steroid dienone is 1. The number of aryl methyl sites for hydroxylation is 1. The van der Waals surface area contributed by atoms with Gasteiger partial charge in [0.15, 0.2) is 11.6 Å². The van der Waals surface area contributed by atoms with Gasteiger partial charge in [-0.15, -0.1) is 6.58 Å². The van der Waals surface area contributed by atoms with Gasteiger partial charge in [0.1, 0.15) is 5.75 Å². The van der Waals surface area contributed by atoms with E-state index in [1.165, 1.54) is 25.3 Å². The second-order valence-electron chi connectivity index (χ2n) is 11.2. The Kier molecular flexibility index (Phi) is 6.72. The van der Waals surface area contributed by atoms with E-state index in [1.807, 2.05) is 25.1 Å². The molecule has 1 fully saturated rings. The van der Waals surface area contributed by atoms with Gasteiger partial charge in [-0.3, -0.25) is 14.4 Å². The van der Waals surface area contributed by atoms with Crippen molar-refractivity contribution in [1.29, 1.82) is 0 Å². The zero-order chi connectivity index (χ0) is 26.4. The second kappa shape index (κ2) is 9.34. The molecule has 1 N–H and O–H groups in total. The van der Waals surface area contributed by atoms with Gasteiger partial charge >= 0.3 is 5.97 Å². The van der Waals surface area contributed by atoms with E-state index in [9.17, 15) is 19.5 Å². The zero-order valence-corrected chi connectivity index (χ0v) is 21.9. The van der Waals surface area contributed by atoms with Crippen molar-refractivity contribution < 1.29 is 24.2 Å². The Morgan fingerprint density at radius 1 is 1.11 bits per heavy atom. The van der Waals surface area contributed by atoms with Gasteiger partial charge in [-0.25, -0.2) is 0 Å². The lowest BCUT2D eigenvalue weighted by Crippen LogP contribution is -2.48. The second-order valence-corrected chi connectivity index (χ2v) is 11.2. The molecule has 4 rings (SSSR count). The standard InChI is InChI=1S/C31H36O5/c1-7-30(4)13-8-14-31(5,29(35)36-6)25(30)12-9-19-15-20(18(2)3)16-24-26(19)28(34)23-17-21(32)10-11-22(23)27(24)33/h7,10-11,15-18,25,32H,1,8-9,12-14H2,2-6H3/t25?,30-,31+/m0/s1. The van der Waals surface area contributed by atoms with Gasteiger partial charge in [-0.1, -0.05) is 39.3 Å². The molecule has 2 aromatic carbocycles. The Morgan fingerprint density at radius 2 is 1.83 bits per heavy atom. The van der Waals surface area contributed by atoms with Gasteiger partial charge in [0, 0.05) is 22.3 Å². The molecular weight excluding hydrogens is 452 g/mol. The van der Waals surface area contributed by atoms with E-state index in [0.717, 1.165) is 30.4 Å². The fraction of sp³-hybridized carbons (Fsp3) is 0.452. The Hall–Kier alpha value is -3.21. The third-order valence-corrected chi connectivity index (χ3v) is 8.67. The van der Waals surface area contributed by atoms with Crippen LogP contribution in [0.5, 0.6) is 5.75 Å². The van der Waals surface area contributed by atoms with Crippen LogP contribution in [0.3, 0.4) is 0 Å². The number of phenols is 1. The van der Waals surface area contributed by atoms with Crippen molar-refractivity contribution in [2.75, 3.05) is 7.11 Å². The van der Waals surface area contributed by atoms with E-state index in [4.69, 9.17) is 4.74 Å². The van der Waals surface area contributed by atoms with Crippen molar-refractivity contribution in [2.45, 2.75) is 65.7 Å². The van der Waals surface area contributed by atoms with Gasteiger partial charge in [0.2, 0.25) is 0 Å². The molecule has 3 atom stereocenters. The van der Waals surface area contributed by atoms with Crippen LogP contribution in [0, 0.1) is 16.7 Å². The summed E-state index contributed by atoms with van der Waals surface area (Å²) in [5.41, 5.74) is 2.29. The summed E-state index contributed by atoms with van der Waals surface area (Å²) in [6.45, 7) is 12.4. The first-order valence-electron chi connectivity index (χ1n) is 12.8. The van der Waals surface area contributed by atoms with Crippen LogP contribution in [0.2, 0.25) is 0 Å². The largest absolute Gasteiger partial charge is 0.508 e. The van der Waals surface area contributed by atoms with Crippen LogP contribution >= 0.6 is 0 Å². The first-order chi connectivity index (χ1) is 17.0. The minimum absolute atomic E-state index is 0.0345. The summed E-state index contributed by atoms with van der Waals surface area (Å²) in [4.78, 5) is 40.1. The molecule has 5 nitrogen and oxygen atoms in total. The van der Waals surface area contributed by atoms with Crippen molar-refractivity contribution >= 4 is 17.5 Å². The highest BCUT2D eigenvalue weighted by Crippen LogP contribution is 2.54. The number of aromatic hydroxyl groups is 1. The van der Waals surface area contributed by atoms with Crippen LogP contribution in [0.1, 0.15) is 102 Å². The van der Waals surface area contributed by atoms with Gasteiger partial charge < -0.3 is 9.84 Å². The summed E-state index contributed by atoms with van der Waals surface area (Å²) < 4.78 is 5.24. The molecule has 2 aliphatic rings. The number of rotatable bonds is 6. The fourth-order valence-electron chi connectivity index (χ4n) is 6.49. The molecule has 0 spiro atoms. The quantitative estimate of drug-likeness (QED) is 0.321. The maximum atomic E-state index is 13.7. The highest BCUT2D eigenvalue weighted by atomic mass is 16.5. The minimum atomic E-state index is -0.663. The zero-order valence-electron chi connectivity index (χ0n) is 21.9. The smallest absolute Gasteiger partial charge is 0.311 e. The molecule has 1 saturated carbocycles. The third kappa shape index (κ3) is 4.08. The molecule has 190 valence electrons. The van der Waals surface area contributed by atoms with E-state index in [0.29, 0.717) is 29.5 Å². The number of benzene rings is 2. The monoisotopic (exact) mass is 488 g/mol. The van der Waals surface area contributed by atoms with Gasteiger partial charge in [-0.05, 0) is 85.3 Å². The van der Waals surface area contributed by atoms with Crippen LogP contribution < -0.4 is 0 Å². The Bertz CT molecular complexity index is 1260. The van der Waals surface area contributed by atoms with E-state index >= 15 is 0 Å². The lowest BCUT2D eigenvalue weighted by Gasteiger charge is -2.49. The van der Waals surface area contributed by atoms with Crippen LogP contribution in [-0.4, -0.2) is 29.8 Å². The summed E-state index contributed by atoms with van der Waals surface area (Å²) in [5.74, 6) is -0.562. The normalized spacial score (nSPS) is 25.3. The van der Waals surface area contributed by atoms with Crippen molar-refractivity contribution in [3.8, 4) is 5.75 Å². The first-order valence-corrected chi connectivity index (χ1v) is 12.8. The van der Waals surface area contributed by atoms with E-state index < -0.39 is 5.41 Å². The Balaban J connectivity index is 1.81. The summed E-state index contributed by atoms with van der Waals surface area (Å²) in [5, 5.41) is 10.0. The van der Waals surface area contributed by atoms with E-state index in [-0.39, 0.29) is 46.1 Å². The topological polar surface area (TPSA) is 80.7 Å². The van der Waals surface area contributed by atoms with E-state index in [2.05, 4.69) is 27.4 Å². The number of carbonyl (C=O) groups is 3. The molecule has 0 bridgehead atoms. The summed E-state index contributed by atoms with van der Waals surface area (Å²) in [6.07, 6.45) is 5.74. The lowest BCUT2D eigenvalue weighted by molar-refractivity contribution is -0.162. The molecule has 0 heterocycles. The minimum Gasteiger partial charge on any atom is -0.508 e. The van der Waals surface area contributed by atoms with Gasteiger partial charge in [0.25, 0.3) is 0 Å². The number of methoxy groups -OCH3 is 1. The van der Waals surface area contributed by atoms with Gasteiger partial charge in [-0.2, -0.15) is 0 Å². The van der Waals surface area contributed by atoms with Crippen molar-refractivity contribution in [2.24, 2.45) is 16.7 Å². The SMILES string of the molecule is C=C[C@@]1(C)CCC[C@@](C)(C(=O)OC)C1CCc1cc(C(C)C)cc2c1C(=O)c1cc(O)ccc1C2=O. The maximum Gasteiger partial charge on any atom is 0.311 e. The number of hydrogen-bond donors (Lipinski definition) is 1. The number of carbonyl (C=O) groups excluding carboxylic acids is 3. The highest BCUT2D eigenvalue weighted by Gasteiger charge is 2.52. The number of phenolic OH excluding ortho intramolecular Hbond substituents is 1. The van der Waals surface area contributed by atoms with Crippen LogP contribution in [-0.2, 0) is 16.0 Å². The van der Waals surface area contributed by atoms with Crippen LogP contribution in [0.15, 0.2) is 43.0 Å². The molecule has 0 saturated heterocycles. The van der Waals surface area contributed by atoms with Crippen molar-refractivity contribution in [1.82, 2.24) is 0 Å². The van der Waals surface area contributed by atoms with Crippen molar-refractivity contribution in [3.05, 3.63) is 76.4 Å². The number of esters is 1. The average molecular weight is 489 g/mol.